The fourth-order valence-corrected chi connectivity index (χ4v) is 4.14. The molecule has 2 aliphatic rings. The fraction of sp³-hybridized carbons (Fsp3) is 0.444. The average Bonchev–Trinajstić information content (AvgIpc) is 3.39. The maximum absolute atomic E-state index is 13.0. The second-order valence-electron chi connectivity index (χ2n) is 6.24. The van der Waals surface area contributed by atoms with E-state index in [1.54, 1.807) is 6.20 Å². The van der Waals surface area contributed by atoms with Crippen LogP contribution in [0.1, 0.15) is 29.4 Å². The largest absolute Gasteiger partial charge is 0.454 e. The molecule has 4 rings (SSSR count). The Morgan fingerprint density at radius 3 is 3.08 bits per heavy atom. The molecule has 7 heteroatoms. The summed E-state index contributed by atoms with van der Waals surface area (Å²) in [5.41, 5.74) is 0.942. The van der Waals surface area contributed by atoms with Crippen molar-refractivity contribution in [1.82, 2.24) is 15.2 Å². The molecule has 0 saturated carbocycles. The number of carbonyl (C=O) groups is 1. The van der Waals surface area contributed by atoms with Gasteiger partial charge in [-0.25, -0.2) is 4.98 Å². The molecule has 1 N–H and O–H groups in total. The van der Waals surface area contributed by atoms with Gasteiger partial charge in [-0.15, -0.1) is 11.3 Å². The number of hydrogen-bond donors (Lipinski definition) is 1. The van der Waals surface area contributed by atoms with E-state index in [-0.39, 0.29) is 18.7 Å². The van der Waals surface area contributed by atoms with Crippen molar-refractivity contribution in [1.29, 1.82) is 0 Å². The van der Waals surface area contributed by atoms with Crippen molar-refractivity contribution in [2.24, 2.45) is 0 Å². The van der Waals surface area contributed by atoms with E-state index in [4.69, 9.17) is 9.47 Å². The molecule has 6 nitrogen and oxygen atoms in total. The smallest absolute Gasteiger partial charge is 0.265 e. The van der Waals surface area contributed by atoms with Crippen LogP contribution in [0.15, 0.2) is 24.4 Å². The molecule has 1 fully saturated rings. The molecular formula is C18H21N3O3S. The first-order valence-electron chi connectivity index (χ1n) is 8.64. The first kappa shape index (κ1) is 16.4. The number of nitrogens with one attached hydrogen (secondary N) is 1. The van der Waals surface area contributed by atoms with Gasteiger partial charge >= 0.3 is 0 Å². The molecule has 1 amide bonds. The Balaban J connectivity index is 1.56. The molecule has 0 bridgehead atoms. The number of fused-ring (bicyclic) bond motifs is 1. The van der Waals surface area contributed by atoms with Gasteiger partial charge in [0.05, 0.1) is 6.20 Å². The number of ether oxygens (including phenoxy) is 2. The molecule has 0 radical (unpaired) electrons. The highest BCUT2D eigenvalue weighted by Crippen LogP contribution is 2.37. The summed E-state index contributed by atoms with van der Waals surface area (Å²) in [7, 11) is 0. The first-order chi connectivity index (χ1) is 12.3. The van der Waals surface area contributed by atoms with Gasteiger partial charge in [-0.3, -0.25) is 4.79 Å². The van der Waals surface area contributed by atoms with E-state index in [0.29, 0.717) is 4.88 Å². The van der Waals surface area contributed by atoms with Crippen molar-refractivity contribution >= 4 is 17.2 Å². The Labute approximate surface area is 150 Å². The number of benzene rings is 1. The highest BCUT2D eigenvalue weighted by molar-refractivity contribution is 7.16. The predicted molar refractivity (Wildman–Crippen MR) is 96.3 cm³/mol. The van der Waals surface area contributed by atoms with Crippen LogP contribution in [-0.4, -0.2) is 48.3 Å². The van der Waals surface area contributed by atoms with Crippen LogP contribution in [0.5, 0.6) is 11.5 Å². The average molecular weight is 359 g/mol. The number of rotatable bonds is 5. The van der Waals surface area contributed by atoms with E-state index < -0.39 is 0 Å². The Bertz CT molecular complexity index is 771. The summed E-state index contributed by atoms with van der Waals surface area (Å²) >= 11 is 1.43. The summed E-state index contributed by atoms with van der Waals surface area (Å²) in [6.45, 7) is 4.99. The van der Waals surface area contributed by atoms with E-state index in [1.165, 1.54) is 11.3 Å². The number of carbonyl (C=O) groups excluding carboxylic acids is 1. The highest BCUT2D eigenvalue weighted by atomic mass is 32.1. The SMILES string of the molecule is CCCN(C(=O)c1cnc(-c2ccc3c(c2)OCO3)s1)C1CCNC1. The van der Waals surface area contributed by atoms with E-state index in [2.05, 4.69) is 17.2 Å². The molecule has 2 aliphatic heterocycles. The molecule has 2 aromatic rings. The second kappa shape index (κ2) is 7.01. The Morgan fingerprint density at radius 1 is 1.40 bits per heavy atom. The summed E-state index contributed by atoms with van der Waals surface area (Å²) < 4.78 is 10.8. The zero-order valence-corrected chi connectivity index (χ0v) is 15.0. The third kappa shape index (κ3) is 3.21. The fourth-order valence-electron chi connectivity index (χ4n) is 3.27. The molecule has 25 heavy (non-hydrogen) atoms. The Kier molecular flexibility index (Phi) is 4.59. The zero-order valence-electron chi connectivity index (χ0n) is 14.2. The van der Waals surface area contributed by atoms with Gasteiger partial charge in [0, 0.05) is 24.7 Å². The van der Waals surface area contributed by atoms with Gasteiger partial charge in [-0.05, 0) is 37.6 Å². The van der Waals surface area contributed by atoms with E-state index >= 15 is 0 Å². The summed E-state index contributed by atoms with van der Waals surface area (Å²) in [6.07, 6.45) is 3.66. The molecule has 1 unspecified atom stereocenters. The lowest BCUT2D eigenvalue weighted by Gasteiger charge is -2.27. The minimum absolute atomic E-state index is 0.0834. The summed E-state index contributed by atoms with van der Waals surface area (Å²) in [5, 5.41) is 4.16. The number of nitrogens with zero attached hydrogens (tertiary/aromatic N) is 2. The van der Waals surface area contributed by atoms with Crippen molar-refractivity contribution < 1.29 is 14.3 Å². The van der Waals surface area contributed by atoms with Gasteiger partial charge in [0.25, 0.3) is 5.91 Å². The van der Waals surface area contributed by atoms with Crippen molar-refractivity contribution in [3.63, 3.8) is 0 Å². The van der Waals surface area contributed by atoms with Gasteiger partial charge in [-0.2, -0.15) is 0 Å². The van der Waals surface area contributed by atoms with Gasteiger partial charge in [-0.1, -0.05) is 6.92 Å². The number of amides is 1. The van der Waals surface area contributed by atoms with Crippen LogP contribution >= 0.6 is 11.3 Å². The molecule has 132 valence electrons. The van der Waals surface area contributed by atoms with Crippen LogP contribution in [0, 0.1) is 0 Å². The summed E-state index contributed by atoms with van der Waals surface area (Å²) in [4.78, 5) is 20.1. The highest BCUT2D eigenvalue weighted by Gasteiger charge is 2.28. The maximum atomic E-state index is 13.0. The molecule has 1 saturated heterocycles. The third-order valence-electron chi connectivity index (χ3n) is 4.54. The van der Waals surface area contributed by atoms with Crippen LogP contribution in [0.2, 0.25) is 0 Å². The van der Waals surface area contributed by atoms with E-state index in [1.807, 2.05) is 23.1 Å². The standard InChI is InChI=1S/C18H21N3O3S/c1-2-7-21(13-5-6-19-9-13)18(22)16-10-20-17(25-16)12-3-4-14-15(8-12)24-11-23-14/h3-4,8,10,13,19H,2,5-7,9,11H2,1H3. The van der Waals surface area contributed by atoms with Crippen LogP contribution < -0.4 is 14.8 Å². The lowest BCUT2D eigenvalue weighted by molar-refractivity contribution is 0.0697. The Morgan fingerprint density at radius 2 is 2.28 bits per heavy atom. The van der Waals surface area contributed by atoms with Crippen LogP contribution in [0.3, 0.4) is 0 Å². The monoisotopic (exact) mass is 359 g/mol. The quantitative estimate of drug-likeness (QED) is 0.889. The molecule has 1 aromatic heterocycles. The number of aromatic nitrogens is 1. The van der Waals surface area contributed by atoms with Crippen molar-refractivity contribution in [3.05, 3.63) is 29.3 Å². The number of thiazole rings is 1. The minimum atomic E-state index is 0.0834. The lowest BCUT2D eigenvalue weighted by Crippen LogP contribution is -2.41. The zero-order chi connectivity index (χ0) is 17.2. The van der Waals surface area contributed by atoms with Gasteiger partial charge in [0.2, 0.25) is 6.79 Å². The molecular weight excluding hydrogens is 338 g/mol. The molecule has 3 heterocycles. The second-order valence-corrected chi connectivity index (χ2v) is 7.27. The molecule has 0 aliphatic carbocycles. The van der Waals surface area contributed by atoms with Gasteiger partial charge < -0.3 is 19.7 Å². The van der Waals surface area contributed by atoms with Crippen molar-refractivity contribution in [2.45, 2.75) is 25.8 Å². The normalized spacial score (nSPS) is 18.5. The molecule has 1 atom stereocenters. The first-order valence-corrected chi connectivity index (χ1v) is 9.45. The van der Waals surface area contributed by atoms with Crippen molar-refractivity contribution in [2.75, 3.05) is 26.4 Å². The van der Waals surface area contributed by atoms with Crippen molar-refractivity contribution in [3.8, 4) is 22.1 Å². The lowest BCUT2D eigenvalue weighted by atomic mass is 10.2. The van der Waals surface area contributed by atoms with Gasteiger partial charge in [0.15, 0.2) is 11.5 Å². The molecule has 0 spiro atoms. The van der Waals surface area contributed by atoms with E-state index in [0.717, 1.165) is 54.5 Å². The van der Waals surface area contributed by atoms with Crippen LogP contribution in [0.4, 0.5) is 0 Å². The van der Waals surface area contributed by atoms with Crippen LogP contribution in [-0.2, 0) is 0 Å². The van der Waals surface area contributed by atoms with E-state index in [9.17, 15) is 4.79 Å². The van der Waals surface area contributed by atoms with Crippen LogP contribution in [0.25, 0.3) is 10.6 Å². The Hall–Kier alpha value is -2.12. The maximum Gasteiger partial charge on any atom is 0.265 e. The molecule has 1 aromatic carbocycles. The van der Waals surface area contributed by atoms with Gasteiger partial charge in [0.1, 0.15) is 9.88 Å². The topological polar surface area (TPSA) is 63.7 Å². The predicted octanol–water partition coefficient (Wildman–Crippen LogP) is 2.75. The number of hydrogen-bond acceptors (Lipinski definition) is 6. The summed E-state index contributed by atoms with van der Waals surface area (Å²) in [6, 6.07) is 6.03. The summed E-state index contributed by atoms with van der Waals surface area (Å²) in [5.74, 6) is 1.56. The third-order valence-corrected chi connectivity index (χ3v) is 5.57. The minimum Gasteiger partial charge on any atom is -0.454 e.